The third kappa shape index (κ3) is 3.62. The van der Waals surface area contributed by atoms with Crippen molar-refractivity contribution < 1.29 is 23.6 Å². The number of hydrogen-bond donors (Lipinski definition) is 2. The van der Waals surface area contributed by atoms with Crippen LogP contribution in [-0.2, 0) is 0 Å². The lowest BCUT2D eigenvalue weighted by atomic mass is 9.72. The Morgan fingerprint density at radius 2 is 1.91 bits per heavy atom. The highest BCUT2D eigenvalue weighted by atomic mass is 16.5. The van der Waals surface area contributed by atoms with Gasteiger partial charge in [-0.2, -0.15) is 0 Å². The Morgan fingerprint density at radius 3 is 2.39 bits per heavy atom. The van der Waals surface area contributed by atoms with E-state index in [4.69, 9.17) is 13.6 Å². The zero-order valence-electron chi connectivity index (χ0n) is 16.8. The summed E-state index contributed by atoms with van der Waals surface area (Å²) in [4.78, 5) is 0. The van der Waals surface area contributed by atoms with Crippen molar-refractivity contribution in [2.24, 2.45) is 5.92 Å². The molecule has 23 heavy (non-hydrogen) atoms. The average molecular weight is 319 g/mol. The van der Waals surface area contributed by atoms with Crippen molar-refractivity contribution in [3.8, 4) is 11.5 Å². The normalized spacial score (nSPS) is 23.2. The van der Waals surface area contributed by atoms with Gasteiger partial charge in [0.1, 0.15) is 11.5 Å². The van der Waals surface area contributed by atoms with E-state index in [1.165, 1.54) is 26.4 Å². The van der Waals surface area contributed by atoms with Crippen LogP contribution in [0.15, 0.2) is 35.9 Å². The Bertz CT molecular complexity index is 688. The standard InChI is InChI=1S/C18H25BO4/c1-11(2)14-7-6-12(3)8-15(14)18-16(22-4)9-13(19(20)21)10-17(18)23-5/h8-10,14-15,20-21H,1,6-7H2,2-5H3/t14-,15+/m0/s1/i2D3. The van der Waals surface area contributed by atoms with Crippen molar-refractivity contribution in [3.63, 3.8) is 0 Å². The molecule has 0 radical (unpaired) electrons. The fraction of sp³-hybridized carbons (Fsp3) is 0.444. The molecule has 0 heterocycles. The van der Waals surface area contributed by atoms with Crippen LogP contribution in [0.3, 0.4) is 0 Å². The van der Waals surface area contributed by atoms with Crippen molar-refractivity contribution in [2.45, 2.75) is 32.5 Å². The van der Waals surface area contributed by atoms with E-state index in [1.807, 2.05) is 13.0 Å². The van der Waals surface area contributed by atoms with Gasteiger partial charge in [0.15, 0.2) is 0 Å². The summed E-state index contributed by atoms with van der Waals surface area (Å²) < 4.78 is 34.2. The molecule has 0 unspecified atom stereocenters. The monoisotopic (exact) mass is 319 g/mol. The fourth-order valence-electron chi connectivity index (χ4n) is 3.18. The van der Waals surface area contributed by atoms with Crippen molar-refractivity contribution in [1.82, 2.24) is 0 Å². The molecule has 2 atom stereocenters. The van der Waals surface area contributed by atoms with E-state index in [-0.39, 0.29) is 22.9 Å². The van der Waals surface area contributed by atoms with Crippen LogP contribution >= 0.6 is 0 Å². The molecule has 0 amide bonds. The molecule has 0 spiro atoms. The Labute approximate surface area is 142 Å². The molecule has 5 heteroatoms. The number of benzene rings is 1. The topological polar surface area (TPSA) is 58.9 Å². The lowest BCUT2D eigenvalue weighted by Crippen LogP contribution is -2.30. The second kappa shape index (κ2) is 7.24. The molecule has 1 aliphatic rings. The third-order valence-electron chi connectivity index (χ3n) is 4.39. The molecule has 0 saturated heterocycles. The second-order valence-electron chi connectivity index (χ2n) is 5.92. The Balaban J connectivity index is 2.65. The molecule has 0 bridgehead atoms. The number of hydrogen-bond acceptors (Lipinski definition) is 4. The van der Waals surface area contributed by atoms with Gasteiger partial charge in [-0.3, -0.25) is 0 Å². The van der Waals surface area contributed by atoms with Crippen LogP contribution in [0.25, 0.3) is 0 Å². The minimum Gasteiger partial charge on any atom is -0.496 e. The molecule has 0 aromatic heterocycles. The van der Waals surface area contributed by atoms with Crippen molar-refractivity contribution >= 4 is 12.6 Å². The highest BCUT2D eigenvalue weighted by molar-refractivity contribution is 6.58. The summed E-state index contributed by atoms with van der Waals surface area (Å²) >= 11 is 0. The molecular weight excluding hydrogens is 291 g/mol. The average Bonchev–Trinajstić information content (AvgIpc) is 2.58. The Morgan fingerprint density at radius 1 is 1.30 bits per heavy atom. The smallest absolute Gasteiger partial charge is 0.488 e. The zero-order valence-corrected chi connectivity index (χ0v) is 13.8. The minimum atomic E-state index is -2.25. The third-order valence-corrected chi connectivity index (χ3v) is 4.39. The summed E-state index contributed by atoms with van der Waals surface area (Å²) in [5.41, 5.74) is 2.29. The molecule has 0 saturated carbocycles. The first-order valence-electron chi connectivity index (χ1n) is 9.08. The summed E-state index contributed by atoms with van der Waals surface area (Å²) in [7, 11) is 1.31. The van der Waals surface area contributed by atoms with Gasteiger partial charge in [0, 0.05) is 15.6 Å². The predicted octanol–water partition coefficient (Wildman–Crippen LogP) is 2.40. The van der Waals surface area contributed by atoms with Gasteiger partial charge in [-0.05, 0) is 50.1 Å². The highest BCUT2D eigenvalue weighted by Gasteiger charge is 2.31. The summed E-state index contributed by atoms with van der Waals surface area (Å²) in [5, 5.41) is 19.0. The molecule has 124 valence electrons. The van der Waals surface area contributed by atoms with E-state index in [1.54, 1.807) is 0 Å². The Kier molecular flexibility index (Phi) is 4.31. The molecule has 1 aromatic carbocycles. The number of allylic oxidation sites excluding steroid dienone is 3. The first-order valence-corrected chi connectivity index (χ1v) is 7.58. The first-order chi connectivity index (χ1) is 12.1. The molecule has 0 fully saturated rings. The summed E-state index contributed by atoms with van der Waals surface area (Å²) in [6.45, 7) is 3.61. The van der Waals surface area contributed by atoms with Gasteiger partial charge in [-0.25, -0.2) is 0 Å². The Hall–Kier alpha value is -1.72. The van der Waals surface area contributed by atoms with Crippen molar-refractivity contribution in [3.05, 3.63) is 41.5 Å². The van der Waals surface area contributed by atoms with Gasteiger partial charge in [-0.1, -0.05) is 23.8 Å². The molecule has 1 aromatic rings. The fourth-order valence-corrected chi connectivity index (χ4v) is 3.18. The molecule has 2 N–H and O–H groups in total. The number of ether oxygens (including phenoxy) is 2. The summed E-state index contributed by atoms with van der Waals surface area (Å²) in [6, 6.07) is 3.07. The number of methoxy groups -OCH3 is 2. The van der Waals surface area contributed by atoms with Crippen molar-refractivity contribution in [2.75, 3.05) is 14.2 Å². The maximum Gasteiger partial charge on any atom is 0.488 e. The van der Waals surface area contributed by atoms with Gasteiger partial charge < -0.3 is 19.5 Å². The van der Waals surface area contributed by atoms with E-state index in [9.17, 15) is 10.0 Å². The molecule has 0 aliphatic heterocycles. The van der Waals surface area contributed by atoms with Crippen LogP contribution in [0.4, 0.5) is 0 Å². The maximum absolute atomic E-state index is 9.50. The van der Waals surface area contributed by atoms with E-state index in [2.05, 4.69) is 6.58 Å². The lowest BCUT2D eigenvalue weighted by molar-refractivity contribution is 0.368. The van der Waals surface area contributed by atoms with Crippen LogP contribution in [0.1, 0.15) is 42.2 Å². The second-order valence-corrected chi connectivity index (χ2v) is 5.92. The van der Waals surface area contributed by atoms with Crippen LogP contribution in [-0.4, -0.2) is 31.4 Å². The molecule has 1 aliphatic carbocycles. The largest absolute Gasteiger partial charge is 0.496 e. The van der Waals surface area contributed by atoms with Gasteiger partial charge in [0.2, 0.25) is 0 Å². The van der Waals surface area contributed by atoms with Gasteiger partial charge in [0.25, 0.3) is 0 Å². The number of rotatable bonds is 5. The van der Waals surface area contributed by atoms with E-state index < -0.39 is 14.0 Å². The predicted molar refractivity (Wildman–Crippen MR) is 93.4 cm³/mol. The van der Waals surface area contributed by atoms with Crippen LogP contribution < -0.4 is 14.9 Å². The van der Waals surface area contributed by atoms with E-state index >= 15 is 0 Å². The van der Waals surface area contributed by atoms with Crippen LogP contribution in [0.2, 0.25) is 0 Å². The first kappa shape index (κ1) is 13.7. The van der Waals surface area contributed by atoms with Crippen LogP contribution in [0.5, 0.6) is 11.5 Å². The molecular formula is C18H25BO4. The zero-order chi connectivity index (χ0) is 19.6. The highest BCUT2D eigenvalue weighted by Crippen LogP contribution is 2.46. The van der Waals surface area contributed by atoms with Gasteiger partial charge in [0.05, 0.1) is 14.2 Å². The quantitative estimate of drug-likeness (QED) is 0.646. The van der Waals surface area contributed by atoms with Gasteiger partial charge >= 0.3 is 7.12 Å². The van der Waals surface area contributed by atoms with E-state index in [0.717, 1.165) is 12.0 Å². The van der Waals surface area contributed by atoms with E-state index in [0.29, 0.717) is 23.5 Å². The summed E-state index contributed by atoms with van der Waals surface area (Å²) in [6.07, 6.45) is 3.50. The van der Waals surface area contributed by atoms with Crippen molar-refractivity contribution in [1.29, 1.82) is 0 Å². The van der Waals surface area contributed by atoms with Gasteiger partial charge in [-0.15, -0.1) is 0 Å². The molecule has 4 nitrogen and oxygen atoms in total. The summed E-state index contributed by atoms with van der Waals surface area (Å²) in [5.74, 6) is 0.267. The SMILES string of the molecule is [2H]C([2H])([2H])C(=C)[C@@H]1CCC(C)=C[C@H]1c1c(OC)cc(B(O)O)cc1OC. The van der Waals surface area contributed by atoms with Crippen LogP contribution in [0, 0.1) is 5.92 Å². The minimum absolute atomic E-state index is 0.210. The maximum atomic E-state index is 9.50. The molecule has 2 rings (SSSR count). The lowest BCUT2D eigenvalue weighted by Gasteiger charge is -2.32.